The van der Waals surface area contributed by atoms with Crippen molar-refractivity contribution in [2.45, 2.75) is 0 Å². The number of phenols is 1. The first-order valence-corrected chi connectivity index (χ1v) is 8.78. The minimum atomic E-state index is -0.657. The molecule has 0 saturated carbocycles. The highest BCUT2D eigenvalue weighted by molar-refractivity contribution is 6.08. The zero-order valence-corrected chi connectivity index (χ0v) is 15.7. The molecule has 3 aromatic rings. The average Bonchev–Trinajstić information content (AvgIpc) is 2.88. The molecule has 30 heavy (non-hydrogen) atoms. The lowest BCUT2D eigenvalue weighted by molar-refractivity contribution is -0.385. The van der Waals surface area contributed by atoms with Crippen LogP contribution in [0.25, 0.3) is 0 Å². The maximum absolute atomic E-state index is 12.6. The second kappa shape index (κ2) is 7.55. The number of phenolic OH excluding ortho intramolecular Hbond substituents is 1. The van der Waals surface area contributed by atoms with E-state index in [1.54, 1.807) is 36.4 Å². The number of amides is 1. The van der Waals surface area contributed by atoms with E-state index in [0.717, 1.165) is 0 Å². The third-order valence-corrected chi connectivity index (χ3v) is 4.44. The molecular formula is C21H15N3O6. The molecular weight excluding hydrogens is 390 g/mol. The molecule has 0 atom stereocenters. The molecule has 1 amide bonds. The SMILES string of the molecule is COc1c(O)ccc(C=Nc2ccc3c(c2)C(=O)Nc2ccccc2O3)c1[N+](=O)[O-]. The van der Waals surface area contributed by atoms with Crippen LogP contribution in [0.4, 0.5) is 17.1 Å². The van der Waals surface area contributed by atoms with Gasteiger partial charge in [-0.1, -0.05) is 12.1 Å². The lowest BCUT2D eigenvalue weighted by Crippen LogP contribution is -2.10. The second-order valence-electron chi connectivity index (χ2n) is 6.30. The summed E-state index contributed by atoms with van der Waals surface area (Å²) in [4.78, 5) is 27.6. The van der Waals surface area contributed by atoms with Gasteiger partial charge in [0.25, 0.3) is 5.91 Å². The Balaban J connectivity index is 1.70. The number of fused-ring (bicyclic) bond motifs is 2. The number of anilines is 1. The molecule has 0 bridgehead atoms. The van der Waals surface area contributed by atoms with E-state index >= 15 is 0 Å². The lowest BCUT2D eigenvalue weighted by atomic mass is 10.1. The van der Waals surface area contributed by atoms with E-state index in [2.05, 4.69) is 10.3 Å². The summed E-state index contributed by atoms with van der Waals surface area (Å²) in [5.74, 6) is -0.0678. The van der Waals surface area contributed by atoms with Crippen molar-refractivity contribution >= 4 is 29.2 Å². The molecule has 0 aliphatic carbocycles. The molecule has 9 heteroatoms. The van der Waals surface area contributed by atoms with Gasteiger partial charge >= 0.3 is 5.69 Å². The Kier molecular flexibility index (Phi) is 4.77. The van der Waals surface area contributed by atoms with E-state index in [1.165, 1.54) is 31.5 Å². The number of hydrogen-bond acceptors (Lipinski definition) is 7. The molecule has 0 unspecified atom stereocenters. The summed E-state index contributed by atoms with van der Waals surface area (Å²) in [6.45, 7) is 0. The van der Waals surface area contributed by atoms with Crippen LogP contribution in [0.5, 0.6) is 23.0 Å². The Morgan fingerprint density at radius 2 is 1.97 bits per heavy atom. The number of nitro groups is 1. The number of aliphatic imine (C=N–C) groups is 1. The van der Waals surface area contributed by atoms with Crippen molar-refractivity contribution in [3.05, 3.63) is 75.8 Å². The van der Waals surface area contributed by atoms with Crippen molar-refractivity contribution < 1.29 is 24.3 Å². The van der Waals surface area contributed by atoms with Gasteiger partial charge in [0.05, 0.1) is 34.5 Å². The summed E-state index contributed by atoms with van der Waals surface area (Å²) in [6.07, 6.45) is 1.27. The molecule has 9 nitrogen and oxygen atoms in total. The monoisotopic (exact) mass is 405 g/mol. The van der Waals surface area contributed by atoms with E-state index in [9.17, 15) is 20.0 Å². The van der Waals surface area contributed by atoms with E-state index < -0.39 is 10.6 Å². The van der Waals surface area contributed by atoms with Crippen LogP contribution in [0, 0.1) is 10.1 Å². The second-order valence-corrected chi connectivity index (χ2v) is 6.30. The van der Waals surface area contributed by atoms with Crippen LogP contribution in [-0.4, -0.2) is 29.3 Å². The minimum Gasteiger partial charge on any atom is -0.504 e. The number of benzene rings is 3. The summed E-state index contributed by atoms with van der Waals surface area (Å²) in [5, 5.41) is 24.0. The standard InChI is InChI=1S/C21H15N3O6/c1-29-20-16(25)8-6-12(19(20)24(27)28)11-22-13-7-9-17-14(10-13)21(26)23-15-4-2-3-5-18(15)30-17/h2-11,25H,1H3,(H,23,26). The molecule has 0 spiro atoms. The fourth-order valence-corrected chi connectivity index (χ4v) is 3.05. The molecule has 1 aliphatic rings. The van der Waals surface area contributed by atoms with Crippen molar-refractivity contribution in [2.24, 2.45) is 4.99 Å². The van der Waals surface area contributed by atoms with E-state index in [1.807, 2.05) is 0 Å². The average molecular weight is 405 g/mol. The van der Waals surface area contributed by atoms with Crippen LogP contribution < -0.4 is 14.8 Å². The molecule has 0 aromatic heterocycles. The van der Waals surface area contributed by atoms with Crippen LogP contribution in [0.15, 0.2) is 59.6 Å². The van der Waals surface area contributed by atoms with Gasteiger partial charge in [-0.05, 0) is 42.5 Å². The van der Waals surface area contributed by atoms with Gasteiger partial charge in [0, 0.05) is 6.21 Å². The van der Waals surface area contributed by atoms with Crippen LogP contribution in [-0.2, 0) is 0 Å². The Bertz CT molecular complexity index is 1210. The molecule has 1 aliphatic heterocycles. The van der Waals surface area contributed by atoms with Crippen LogP contribution in [0.1, 0.15) is 15.9 Å². The number of aromatic hydroxyl groups is 1. The number of carbonyl (C=O) groups excluding carboxylic acids is 1. The molecule has 1 heterocycles. The zero-order chi connectivity index (χ0) is 21.3. The van der Waals surface area contributed by atoms with Crippen molar-refractivity contribution in [1.29, 1.82) is 0 Å². The summed E-state index contributed by atoms with van der Waals surface area (Å²) < 4.78 is 10.8. The molecule has 4 rings (SSSR count). The predicted octanol–water partition coefficient (Wildman–Crippen LogP) is 4.42. The Hall–Kier alpha value is -4.40. The highest BCUT2D eigenvalue weighted by Crippen LogP contribution is 2.39. The first kappa shape index (κ1) is 18.9. The fraction of sp³-hybridized carbons (Fsp3) is 0.0476. The van der Waals surface area contributed by atoms with Crippen molar-refractivity contribution in [1.82, 2.24) is 0 Å². The van der Waals surface area contributed by atoms with Gasteiger partial charge in [-0.3, -0.25) is 19.9 Å². The molecule has 0 saturated heterocycles. The van der Waals surface area contributed by atoms with Gasteiger partial charge in [0.15, 0.2) is 11.5 Å². The van der Waals surface area contributed by atoms with Crippen molar-refractivity contribution in [3.8, 4) is 23.0 Å². The Labute approximate surface area is 170 Å². The topological polar surface area (TPSA) is 123 Å². The number of para-hydroxylation sites is 2. The van der Waals surface area contributed by atoms with Gasteiger partial charge in [0.1, 0.15) is 5.75 Å². The number of methoxy groups -OCH3 is 1. The summed E-state index contributed by atoms with van der Waals surface area (Å²) in [5.41, 5.74) is 0.944. The minimum absolute atomic E-state index is 0.137. The first-order chi connectivity index (χ1) is 14.5. The predicted molar refractivity (Wildman–Crippen MR) is 109 cm³/mol. The van der Waals surface area contributed by atoms with E-state index in [4.69, 9.17) is 9.47 Å². The van der Waals surface area contributed by atoms with Gasteiger partial charge < -0.3 is 19.9 Å². The summed E-state index contributed by atoms with van der Waals surface area (Å²) in [6, 6.07) is 14.5. The highest BCUT2D eigenvalue weighted by Gasteiger charge is 2.24. The fourth-order valence-electron chi connectivity index (χ4n) is 3.05. The maximum atomic E-state index is 12.6. The van der Waals surface area contributed by atoms with E-state index in [0.29, 0.717) is 22.9 Å². The first-order valence-electron chi connectivity index (χ1n) is 8.78. The van der Waals surface area contributed by atoms with Crippen LogP contribution in [0.3, 0.4) is 0 Å². The Morgan fingerprint density at radius 1 is 1.17 bits per heavy atom. The largest absolute Gasteiger partial charge is 0.504 e. The van der Waals surface area contributed by atoms with Gasteiger partial charge in [-0.25, -0.2) is 0 Å². The molecule has 0 radical (unpaired) electrons. The third-order valence-electron chi connectivity index (χ3n) is 4.44. The number of nitrogens with zero attached hydrogens (tertiary/aromatic N) is 2. The molecule has 2 N–H and O–H groups in total. The smallest absolute Gasteiger partial charge is 0.323 e. The maximum Gasteiger partial charge on any atom is 0.323 e. The van der Waals surface area contributed by atoms with Crippen molar-refractivity contribution in [3.63, 3.8) is 0 Å². The number of ether oxygens (including phenoxy) is 2. The normalized spacial score (nSPS) is 12.4. The zero-order valence-electron chi connectivity index (χ0n) is 15.7. The Morgan fingerprint density at radius 3 is 2.73 bits per heavy atom. The van der Waals surface area contributed by atoms with Crippen molar-refractivity contribution in [2.75, 3.05) is 12.4 Å². The number of hydrogen-bond donors (Lipinski definition) is 2. The molecule has 3 aromatic carbocycles. The van der Waals surface area contributed by atoms with Gasteiger partial charge in [0.2, 0.25) is 5.75 Å². The molecule has 150 valence electrons. The number of nitro benzene ring substituents is 1. The van der Waals surface area contributed by atoms with E-state index in [-0.39, 0.29) is 28.5 Å². The lowest BCUT2D eigenvalue weighted by Gasteiger charge is -2.07. The molecule has 0 fully saturated rings. The van der Waals surface area contributed by atoms with Crippen LogP contribution in [0.2, 0.25) is 0 Å². The number of rotatable bonds is 4. The summed E-state index contributed by atoms with van der Waals surface area (Å²) >= 11 is 0. The third kappa shape index (κ3) is 3.39. The van der Waals surface area contributed by atoms with Gasteiger partial charge in [-0.2, -0.15) is 0 Å². The van der Waals surface area contributed by atoms with Gasteiger partial charge in [-0.15, -0.1) is 0 Å². The quantitative estimate of drug-likeness (QED) is 0.376. The van der Waals surface area contributed by atoms with Crippen LogP contribution >= 0.6 is 0 Å². The highest BCUT2D eigenvalue weighted by atomic mass is 16.6. The summed E-state index contributed by atoms with van der Waals surface area (Å²) in [7, 11) is 1.23. The number of carbonyl (C=O) groups is 1. The number of nitrogens with one attached hydrogen (secondary N) is 1.